The molecule has 7 rings (SSSR count). The zero-order valence-corrected chi connectivity index (χ0v) is 28.3. The molecule has 0 saturated carbocycles. The van der Waals surface area contributed by atoms with Gasteiger partial charge in [-0.3, -0.25) is 9.69 Å². The van der Waals surface area contributed by atoms with Gasteiger partial charge >= 0.3 is 0 Å². The van der Waals surface area contributed by atoms with Crippen LogP contribution in [0.3, 0.4) is 0 Å². The highest BCUT2D eigenvalue weighted by molar-refractivity contribution is 7.18. The Bertz CT molecular complexity index is 1800. The number of carbonyl (C=O) groups excluding carboxylic acids is 1. The van der Waals surface area contributed by atoms with E-state index in [-0.39, 0.29) is 0 Å². The minimum absolute atomic E-state index is 0.298. The van der Waals surface area contributed by atoms with Gasteiger partial charge in [-0.25, -0.2) is 0 Å². The lowest BCUT2D eigenvalue weighted by atomic mass is 9.90. The van der Waals surface area contributed by atoms with Gasteiger partial charge in [0, 0.05) is 61.6 Å². The van der Waals surface area contributed by atoms with Crippen LogP contribution in [0.15, 0.2) is 59.0 Å². The molecule has 240 valence electrons. The van der Waals surface area contributed by atoms with Crippen LogP contribution in [-0.4, -0.2) is 88.1 Å². The molecule has 0 aliphatic carbocycles. The average Bonchev–Trinajstić information content (AvgIpc) is 3.86. The van der Waals surface area contributed by atoms with Crippen molar-refractivity contribution in [3.05, 3.63) is 82.1 Å². The summed E-state index contributed by atoms with van der Waals surface area (Å²) in [5, 5.41) is 10.1. The number of aryl methyl sites for hydroxylation is 2. The van der Waals surface area contributed by atoms with E-state index in [0.717, 1.165) is 70.6 Å². The highest BCUT2D eigenvalue weighted by Crippen LogP contribution is 2.42. The number of piperazine rings is 1. The molecule has 2 fully saturated rings. The Kier molecular flexibility index (Phi) is 8.57. The van der Waals surface area contributed by atoms with Crippen LogP contribution in [0.2, 0.25) is 0 Å². The summed E-state index contributed by atoms with van der Waals surface area (Å²) in [5.41, 5.74) is 6.85. The highest BCUT2D eigenvalue weighted by atomic mass is 32.1. The van der Waals surface area contributed by atoms with Gasteiger partial charge in [-0.2, -0.15) is 0 Å². The van der Waals surface area contributed by atoms with Crippen molar-refractivity contribution < 1.29 is 9.21 Å². The van der Waals surface area contributed by atoms with Crippen LogP contribution >= 0.6 is 11.3 Å². The number of nitrogens with one attached hydrogen (secondary N) is 1. The van der Waals surface area contributed by atoms with E-state index in [0.29, 0.717) is 24.2 Å². The van der Waals surface area contributed by atoms with E-state index >= 15 is 0 Å². The van der Waals surface area contributed by atoms with Crippen molar-refractivity contribution in [2.75, 3.05) is 52.4 Å². The summed E-state index contributed by atoms with van der Waals surface area (Å²) in [6, 6.07) is 19.1. The zero-order chi connectivity index (χ0) is 31.8. The summed E-state index contributed by atoms with van der Waals surface area (Å²) in [4.78, 5) is 25.8. The molecular formula is C37H44N6O2S. The molecule has 8 nitrogen and oxygen atoms in total. The fourth-order valence-corrected chi connectivity index (χ4v) is 8.13. The van der Waals surface area contributed by atoms with E-state index in [1.807, 2.05) is 35.2 Å². The summed E-state index contributed by atoms with van der Waals surface area (Å²) in [6.45, 7) is 15.9. The smallest absolute Gasteiger partial charge is 0.247 e. The number of carbonyl (C=O) groups is 1. The van der Waals surface area contributed by atoms with Gasteiger partial charge in [-0.15, -0.1) is 21.5 Å². The first-order valence-corrected chi connectivity index (χ1v) is 17.4. The van der Waals surface area contributed by atoms with E-state index in [1.165, 1.54) is 43.0 Å². The number of thiophene rings is 1. The maximum Gasteiger partial charge on any atom is 0.247 e. The largest absolute Gasteiger partial charge is 0.420 e. The van der Waals surface area contributed by atoms with Crippen molar-refractivity contribution in [2.24, 2.45) is 0 Å². The van der Waals surface area contributed by atoms with Crippen LogP contribution in [0.25, 0.3) is 32.9 Å². The van der Waals surface area contributed by atoms with Gasteiger partial charge < -0.3 is 19.2 Å². The maximum atomic E-state index is 12.7. The normalized spacial score (nSPS) is 16.6. The third kappa shape index (κ3) is 6.28. The molecule has 5 aromatic rings. The van der Waals surface area contributed by atoms with E-state index in [4.69, 9.17) is 4.42 Å². The monoisotopic (exact) mass is 636 g/mol. The van der Waals surface area contributed by atoms with Gasteiger partial charge in [0.15, 0.2) is 0 Å². The molecule has 1 amide bonds. The second-order valence-electron chi connectivity index (χ2n) is 13.6. The third-order valence-electron chi connectivity index (χ3n) is 9.66. The molecule has 2 aromatic carbocycles. The van der Waals surface area contributed by atoms with Crippen LogP contribution in [-0.2, 0) is 16.6 Å². The van der Waals surface area contributed by atoms with Crippen LogP contribution < -0.4 is 0 Å². The molecule has 2 saturated heterocycles. The summed E-state index contributed by atoms with van der Waals surface area (Å²) in [7, 11) is 0. The fraction of sp³-hybridized carbons (Fsp3) is 0.432. The SMILES string of the molecule is Cc1cc(C)cc(-c2[nH]c3sc(C(C)(C)c4nnc(-c5ccccc5)o4)cc3c2CCN2CCN(CC(=O)N3CCCC3)CC2)c1. The Hall–Kier alpha value is -3.79. The van der Waals surface area contributed by atoms with Crippen LogP contribution in [0, 0.1) is 13.8 Å². The number of rotatable bonds is 9. The number of benzene rings is 2. The van der Waals surface area contributed by atoms with Crippen LogP contribution in [0.4, 0.5) is 0 Å². The van der Waals surface area contributed by atoms with E-state index < -0.39 is 5.41 Å². The number of nitrogens with zero attached hydrogens (tertiary/aromatic N) is 5. The topological polar surface area (TPSA) is 81.5 Å². The molecular weight excluding hydrogens is 593 g/mol. The standard InChI is InChI=1S/C37H44N6O2S/c1-25-20-26(2)22-28(21-25)33-29(12-15-41-16-18-42(19-17-41)24-32(44)43-13-8-9-14-43)30-23-31(46-35(30)38-33)37(3,4)36-40-39-34(45-36)27-10-6-5-7-11-27/h5-7,10-11,20-23,38H,8-9,12-19,24H2,1-4H3. The average molecular weight is 637 g/mol. The lowest BCUT2D eigenvalue weighted by Gasteiger charge is -2.35. The molecule has 0 bridgehead atoms. The fourth-order valence-electron chi connectivity index (χ4n) is 6.94. The van der Waals surface area contributed by atoms with Gasteiger partial charge in [-0.05, 0) is 88.4 Å². The first-order valence-electron chi connectivity index (χ1n) is 16.6. The molecule has 5 heterocycles. The summed E-state index contributed by atoms with van der Waals surface area (Å²) >= 11 is 1.78. The molecule has 9 heteroatoms. The lowest BCUT2D eigenvalue weighted by molar-refractivity contribution is -0.131. The zero-order valence-electron chi connectivity index (χ0n) is 27.4. The predicted molar refractivity (Wildman–Crippen MR) is 185 cm³/mol. The Balaban J connectivity index is 1.12. The number of likely N-dealkylation sites (tertiary alicyclic amines) is 1. The lowest BCUT2D eigenvalue weighted by Crippen LogP contribution is -2.50. The van der Waals surface area contributed by atoms with Crippen molar-refractivity contribution in [3.8, 4) is 22.7 Å². The number of H-pyrrole nitrogens is 1. The Morgan fingerprint density at radius 3 is 2.30 bits per heavy atom. The molecule has 2 aliphatic rings. The van der Waals surface area contributed by atoms with Crippen molar-refractivity contribution in [1.29, 1.82) is 0 Å². The first-order chi connectivity index (χ1) is 22.2. The quantitative estimate of drug-likeness (QED) is 0.195. The van der Waals surface area contributed by atoms with E-state index in [2.05, 4.69) is 76.9 Å². The number of aromatic nitrogens is 3. The van der Waals surface area contributed by atoms with E-state index in [9.17, 15) is 4.79 Å². The highest BCUT2D eigenvalue weighted by Gasteiger charge is 2.33. The van der Waals surface area contributed by atoms with Gasteiger partial charge in [-0.1, -0.05) is 35.4 Å². The molecule has 2 aliphatic heterocycles. The van der Waals surface area contributed by atoms with Crippen molar-refractivity contribution >= 4 is 27.5 Å². The molecule has 0 spiro atoms. The number of aromatic amines is 1. The van der Waals surface area contributed by atoms with Crippen LogP contribution in [0.5, 0.6) is 0 Å². The minimum Gasteiger partial charge on any atom is -0.420 e. The Labute approximate surface area is 275 Å². The molecule has 46 heavy (non-hydrogen) atoms. The summed E-state index contributed by atoms with van der Waals surface area (Å²) in [5.74, 6) is 1.46. The van der Waals surface area contributed by atoms with Gasteiger partial charge in [0.25, 0.3) is 0 Å². The van der Waals surface area contributed by atoms with Crippen molar-refractivity contribution in [1.82, 2.24) is 29.9 Å². The molecule has 0 unspecified atom stereocenters. The predicted octanol–water partition coefficient (Wildman–Crippen LogP) is 6.67. The van der Waals surface area contributed by atoms with Crippen molar-refractivity contribution in [2.45, 2.75) is 52.4 Å². The summed E-state index contributed by atoms with van der Waals surface area (Å²) < 4.78 is 6.24. The van der Waals surface area contributed by atoms with Gasteiger partial charge in [0.1, 0.15) is 4.83 Å². The number of hydrogen-bond acceptors (Lipinski definition) is 7. The number of hydrogen-bond donors (Lipinski definition) is 1. The Morgan fingerprint density at radius 1 is 0.891 bits per heavy atom. The van der Waals surface area contributed by atoms with Crippen LogP contribution in [0.1, 0.15) is 54.1 Å². The number of fused-ring (bicyclic) bond motifs is 1. The number of amides is 1. The second-order valence-corrected chi connectivity index (χ2v) is 14.6. The first kappa shape index (κ1) is 30.8. The van der Waals surface area contributed by atoms with Gasteiger partial charge in [0.05, 0.1) is 17.7 Å². The van der Waals surface area contributed by atoms with Crippen molar-refractivity contribution in [3.63, 3.8) is 0 Å². The second kappa shape index (κ2) is 12.8. The molecule has 0 radical (unpaired) electrons. The summed E-state index contributed by atoms with van der Waals surface area (Å²) in [6.07, 6.45) is 3.24. The molecule has 0 atom stereocenters. The molecule has 1 N–H and O–H groups in total. The minimum atomic E-state index is -0.440. The Morgan fingerprint density at radius 2 is 1.59 bits per heavy atom. The van der Waals surface area contributed by atoms with Gasteiger partial charge in [0.2, 0.25) is 17.7 Å². The third-order valence-corrected chi connectivity index (χ3v) is 11.0. The van der Waals surface area contributed by atoms with E-state index in [1.54, 1.807) is 11.3 Å². The molecule has 3 aromatic heterocycles. The maximum absolute atomic E-state index is 12.7.